The van der Waals surface area contributed by atoms with Crippen molar-refractivity contribution in [1.82, 2.24) is 5.32 Å². The Kier molecular flexibility index (Phi) is 5.39. The maximum Gasteiger partial charge on any atom is 0.194 e. The number of hydrogen-bond donors (Lipinski definition) is 1. The van der Waals surface area contributed by atoms with E-state index in [1.54, 1.807) is 0 Å². The van der Waals surface area contributed by atoms with Gasteiger partial charge in [0.2, 0.25) is 0 Å². The van der Waals surface area contributed by atoms with Crippen LogP contribution in [0.3, 0.4) is 0 Å². The third-order valence-corrected chi connectivity index (χ3v) is 3.20. The largest absolute Gasteiger partial charge is 0.350 e. The minimum Gasteiger partial charge on any atom is -0.350 e. The summed E-state index contributed by atoms with van der Waals surface area (Å²) in [5.74, 6) is -3.79. The fourth-order valence-corrected chi connectivity index (χ4v) is 2.18. The lowest BCUT2D eigenvalue weighted by molar-refractivity contribution is -0.0532. The van der Waals surface area contributed by atoms with Crippen LogP contribution in [0.4, 0.5) is 13.2 Å². The highest BCUT2D eigenvalue weighted by atomic mass is 19.2. The quantitative estimate of drug-likeness (QED) is 0.817. The van der Waals surface area contributed by atoms with Crippen molar-refractivity contribution in [3.8, 4) is 0 Å². The highest BCUT2D eigenvalue weighted by molar-refractivity contribution is 5.23. The fraction of sp³-hybridized carbons (Fsp3) is 0.571. The molecule has 20 heavy (non-hydrogen) atoms. The van der Waals surface area contributed by atoms with Crippen LogP contribution in [-0.2, 0) is 9.47 Å². The molecule has 1 unspecified atom stereocenters. The first kappa shape index (κ1) is 15.3. The van der Waals surface area contributed by atoms with Crippen molar-refractivity contribution in [2.45, 2.75) is 32.1 Å². The predicted molar refractivity (Wildman–Crippen MR) is 67.7 cm³/mol. The summed E-state index contributed by atoms with van der Waals surface area (Å²) in [7, 11) is 0. The van der Waals surface area contributed by atoms with Crippen LogP contribution in [0.2, 0.25) is 0 Å². The molecule has 0 aromatic heterocycles. The molecule has 2 rings (SSSR count). The third kappa shape index (κ3) is 3.50. The number of hydrogen-bond acceptors (Lipinski definition) is 3. The molecule has 0 saturated carbocycles. The lowest BCUT2D eigenvalue weighted by Gasteiger charge is -2.22. The molecule has 1 fully saturated rings. The number of benzene rings is 1. The van der Waals surface area contributed by atoms with E-state index in [0.29, 0.717) is 26.2 Å². The maximum absolute atomic E-state index is 13.9. The van der Waals surface area contributed by atoms with Crippen LogP contribution in [0, 0.1) is 17.5 Å². The van der Waals surface area contributed by atoms with Crippen LogP contribution in [0.1, 0.15) is 31.4 Å². The average Bonchev–Trinajstić information content (AvgIpc) is 2.94. The van der Waals surface area contributed by atoms with E-state index < -0.39 is 29.8 Å². The van der Waals surface area contributed by atoms with Crippen LogP contribution < -0.4 is 5.32 Å². The van der Waals surface area contributed by atoms with Crippen molar-refractivity contribution in [2.24, 2.45) is 0 Å². The Morgan fingerprint density at radius 3 is 2.55 bits per heavy atom. The van der Waals surface area contributed by atoms with Crippen LogP contribution in [-0.4, -0.2) is 26.0 Å². The highest BCUT2D eigenvalue weighted by Gasteiger charge is 2.26. The number of rotatable bonds is 6. The van der Waals surface area contributed by atoms with Crippen LogP contribution >= 0.6 is 0 Å². The molecule has 1 N–H and O–H groups in total. The summed E-state index contributed by atoms with van der Waals surface area (Å²) in [6.45, 7) is 3.58. The van der Waals surface area contributed by atoms with Crippen molar-refractivity contribution >= 4 is 0 Å². The lowest BCUT2D eigenvalue weighted by Crippen LogP contribution is -2.28. The summed E-state index contributed by atoms with van der Waals surface area (Å²) in [6, 6.07) is 1.72. The number of nitrogens with one attached hydrogen (secondary N) is 1. The molecular weight excluding hydrogens is 271 g/mol. The van der Waals surface area contributed by atoms with Crippen molar-refractivity contribution in [1.29, 1.82) is 0 Å². The van der Waals surface area contributed by atoms with Crippen molar-refractivity contribution in [2.75, 3.05) is 19.8 Å². The van der Waals surface area contributed by atoms with Gasteiger partial charge in [-0.2, -0.15) is 0 Å². The molecule has 1 aliphatic rings. The van der Waals surface area contributed by atoms with Crippen LogP contribution in [0.5, 0.6) is 0 Å². The predicted octanol–water partition coefficient (Wildman–Crippen LogP) is 2.91. The molecular formula is C14H18F3NO2. The first-order valence-electron chi connectivity index (χ1n) is 6.73. The minimum atomic E-state index is -1.45. The molecule has 6 heteroatoms. The Morgan fingerprint density at radius 2 is 1.90 bits per heavy atom. The SMILES string of the molecule is CCCNC(CC1OCCO1)c1ccc(F)c(F)c1F. The Hall–Kier alpha value is -1.11. The fourth-order valence-electron chi connectivity index (χ4n) is 2.18. The van der Waals surface area contributed by atoms with Crippen molar-refractivity contribution in [3.63, 3.8) is 0 Å². The van der Waals surface area contributed by atoms with Gasteiger partial charge in [0.25, 0.3) is 0 Å². The first-order valence-corrected chi connectivity index (χ1v) is 6.73. The second-order valence-corrected chi connectivity index (χ2v) is 4.68. The molecule has 0 spiro atoms. The van der Waals surface area contributed by atoms with Gasteiger partial charge in [0.15, 0.2) is 23.7 Å². The summed E-state index contributed by atoms with van der Waals surface area (Å²) < 4.78 is 50.9. The summed E-state index contributed by atoms with van der Waals surface area (Å²) in [5, 5.41) is 3.11. The number of halogens is 3. The summed E-state index contributed by atoms with van der Waals surface area (Å²) in [4.78, 5) is 0. The molecule has 1 aliphatic heterocycles. The Balaban J connectivity index is 2.18. The van der Waals surface area contributed by atoms with E-state index in [1.807, 2.05) is 6.92 Å². The first-order chi connectivity index (χ1) is 9.63. The van der Waals surface area contributed by atoms with Gasteiger partial charge in [-0.05, 0) is 19.0 Å². The molecule has 3 nitrogen and oxygen atoms in total. The van der Waals surface area contributed by atoms with Gasteiger partial charge < -0.3 is 14.8 Å². The third-order valence-electron chi connectivity index (χ3n) is 3.20. The van der Waals surface area contributed by atoms with E-state index in [1.165, 1.54) is 6.07 Å². The molecule has 0 bridgehead atoms. The van der Waals surface area contributed by atoms with Crippen LogP contribution in [0.15, 0.2) is 12.1 Å². The van der Waals surface area contributed by atoms with E-state index in [0.717, 1.165) is 12.5 Å². The van der Waals surface area contributed by atoms with Crippen molar-refractivity contribution < 1.29 is 22.6 Å². The molecule has 1 aromatic rings. The van der Waals surface area contributed by atoms with Gasteiger partial charge in [-0.1, -0.05) is 13.0 Å². The van der Waals surface area contributed by atoms with Gasteiger partial charge in [0, 0.05) is 18.0 Å². The molecule has 1 saturated heterocycles. The highest BCUT2D eigenvalue weighted by Crippen LogP contribution is 2.26. The van der Waals surface area contributed by atoms with E-state index in [9.17, 15) is 13.2 Å². The normalized spacial score (nSPS) is 17.6. The second kappa shape index (κ2) is 7.06. The van der Waals surface area contributed by atoms with E-state index in [-0.39, 0.29) is 5.56 Å². The standard InChI is InChI=1S/C14H18F3NO2/c1-2-5-18-11(8-12-19-6-7-20-12)9-3-4-10(15)14(17)13(9)16/h3-4,11-12,18H,2,5-8H2,1H3. The van der Waals surface area contributed by atoms with Gasteiger partial charge in [-0.15, -0.1) is 0 Å². The molecule has 1 heterocycles. The summed E-state index contributed by atoms with van der Waals surface area (Å²) in [6.07, 6.45) is 0.743. The molecule has 0 aliphatic carbocycles. The summed E-state index contributed by atoms with van der Waals surface area (Å²) in [5.41, 5.74) is 0.0939. The maximum atomic E-state index is 13.9. The van der Waals surface area contributed by atoms with Gasteiger partial charge >= 0.3 is 0 Å². The van der Waals surface area contributed by atoms with Crippen molar-refractivity contribution in [3.05, 3.63) is 35.1 Å². The van der Waals surface area contributed by atoms with Crippen LogP contribution in [0.25, 0.3) is 0 Å². The molecule has 1 aromatic carbocycles. The average molecular weight is 289 g/mol. The van der Waals surface area contributed by atoms with E-state index in [2.05, 4.69) is 5.32 Å². The van der Waals surface area contributed by atoms with E-state index >= 15 is 0 Å². The van der Waals surface area contributed by atoms with Gasteiger partial charge in [-0.3, -0.25) is 0 Å². The molecule has 0 amide bonds. The zero-order valence-corrected chi connectivity index (χ0v) is 11.3. The van der Waals surface area contributed by atoms with Gasteiger partial charge in [0.1, 0.15) is 0 Å². The minimum absolute atomic E-state index is 0.0939. The molecule has 0 radical (unpaired) electrons. The van der Waals surface area contributed by atoms with Gasteiger partial charge in [0.05, 0.1) is 13.2 Å². The topological polar surface area (TPSA) is 30.5 Å². The number of ether oxygens (including phenoxy) is 2. The summed E-state index contributed by atoms with van der Waals surface area (Å²) >= 11 is 0. The zero-order chi connectivity index (χ0) is 14.5. The Bertz CT molecular complexity index is 450. The molecule has 112 valence electrons. The lowest BCUT2D eigenvalue weighted by atomic mass is 10.0. The van der Waals surface area contributed by atoms with E-state index in [4.69, 9.17) is 9.47 Å². The molecule has 1 atom stereocenters. The monoisotopic (exact) mass is 289 g/mol. The zero-order valence-electron chi connectivity index (χ0n) is 11.3. The van der Waals surface area contributed by atoms with Gasteiger partial charge in [-0.25, -0.2) is 13.2 Å². The Labute approximate surface area is 116 Å². The second-order valence-electron chi connectivity index (χ2n) is 4.68. The Morgan fingerprint density at radius 1 is 1.20 bits per heavy atom. The smallest absolute Gasteiger partial charge is 0.194 e.